The minimum atomic E-state index is -4.03. The summed E-state index contributed by atoms with van der Waals surface area (Å²) in [7, 11) is -4.03. The third kappa shape index (κ3) is 4.38. The van der Waals surface area contributed by atoms with Gasteiger partial charge in [0, 0.05) is 24.1 Å². The van der Waals surface area contributed by atoms with Crippen LogP contribution in [0.3, 0.4) is 0 Å². The number of fused-ring (bicyclic) bond motifs is 5. The highest BCUT2D eigenvalue weighted by molar-refractivity contribution is 7.84. The van der Waals surface area contributed by atoms with Crippen LogP contribution in [0.2, 0.25) is 0 Å². The van der Waals surface area contributed by atoms with E-state index >= 15 is 0 Å². The van der Waals surface area contributed by atoms with Gasteiger partial charge in [-0.2, -0.15) is 13.6 Å². The number of hydrogen-bond donors (Lipinski definition) is 3. The Morgan fingerprint density at radius 2 is 2.13 bits per heavy atom. The standard InChI is InChI=1S/C23H32N2O5S/c1-23-11-10-18-17-7-5-16(30-31(24,28)29)14-15(17)4-6-19(18)20(23)8-9-21(23)22(27)25-12-2-3-13-26/h5,7,9,14,18-20,26H,2-4,6,8,10-13H2,1H3,(H,25,27)(H2,24,28,29). The largest absolute Gasteiger partial charge is 0.396 e. The number of carbonyl (C=O) groups is 1. The summed E-state index contributed by atoms with van der Waals surface area (Å²) in [6.07, 6.45) is 8.43. The predicted molar refractivity (Wildman–Crippen MR) is 118 cm³/mol. The summed E-state index contributed by atoms with van der Waals surface area (Å²) in [5.41, 5.74) is 3.25. The summed E-state index contributed by atoms with van der Waals surface area (Å²) >= 11 is 0. The molecule has 3 aliphatic carbocycles. The molecule has 1 aromatic carbocycles. The molecule has 0 spiro atoms. The average molecular weight is 449 g/mol. The lowest BCUT2D eigenvalue weighted by Gasteiger charge is -2.50. The van der Waals surface area contributed by atoms with E-state index in [2.05, 4.69) is 18.3 Å². The molecule has 4 atom stereocenters. The number of benzene rings is 1. The van der Waals surface area contributed by atoms with Crippen LogP contribution in [0, 0.1) is 17.3 Å². The van der Waals surface area contributed by atoms with Crippen LogP contribution in [0.15, 0.2) is 29.8 Å². The van der Waals surface area contributed by atoms with Crippen LogP contribution >= 0.6 is 0 Å². The van der Waals surface area contributed by atoms with Crippen molar-refractivity contribution in [3.63, 3.8) is 0 Å². The lowest BCUT2D eigenvalue weighted by molar-refractivity contribution is -0.119. The Morgan fingerprint density at radius 1 is 1.32 bits per heavy atom. The SMILES string of the molecule is CC12CCC3c4ccc(OS(N)(=O)=O)cc4CCC3C1CC=C2C(=O)NCCCCO. The minimum Gasteiger partial charge on any atom is -0.396 e. The monoisotopic (exact) mass is 448 g/mol. The predicted octanol–water partition coefficient (Wildman–Crippen LogP) is 2.55. The summed E-state index contributed by atoms with van der Waals surface area (Å²) in [5, 5.41) is 17.0. The first kappa shape index (κ1) is 22.3. The first-order valence-electron chi connectivity index (χ1n) is 11.2. The summed E-state index contributed by atoms with van der Waals surface area (Å²) in [4.78, 5) is 12.9. The maximum absolute atomic E-state index is 12.9. The molecule has 0 aliphatic heterocycles. The molecule has 31 heavy (non-hydrogen) atoms. The molecule has 1 fully saturated rings. The van der Waals surface area contributed by atoms with Gasteiger partial charge < -0.3 is 14.6 Å². The maximum Gasteiger partial charge on any atom is 0.380 e. The fourth-order valence-corrected chi connectivity index (χ4v) is 6.57. The molecule has 0 aromatic heterocycles. The van der Waals surface area contributed by atoms with Gasteiger partial charge in [-0.1, -0.05) is 19.1 Å². The van der Waals surface area contributed by atoms with E-state index in [-0.39, 0.29) is 23.7 Å². The fourth-order valence-electron chi connectivity index (χ4n) is 6.20. The first-order chi connectivity index (χ1) is 14.7. The zero-order valence-corrected chi connectivity index (χ0v) is 18.8. The maximum atomic E-state index is 12.9. The van der Waals surface area contributed by atoms with Crippen LogP contribution in [0.4, 0.5) is 0 Å². The second-order valence-electron chi connectivity index (χ2n) is 9.35. The van der Waals surface area contributed by atoms with Gasteiger partial charge >= 0.3 is 10.3 Å². The second kappa shape index (κ2) is 8.56. The fraction of sp³-hybridized carbons (Fsp3) is 0.609. The molecular formula is C23H32N2O5S. The van der Waals surface area contributed by atoms with Crippen molar-refractivity contribution in [3.8, 4) is 5.75 Å². The third-order valence-electron chi connectivity index (χ3n) is 7.61. The van der Waals surface area contributed by atoms with Gasteiger partial charge in [-0.3, -0.25) is 4.79 Å². The van der Waals surface area contributed by atoms with E-state index in [4.69, 9.17) is 14.4 Å². The van der Waals surface area contributed by atoms with E-state index in [1.165, 1.54) is 5.56 Å². The number of unbranched alkanes of at least 4 members (excludes halogenated alkanes) is 1. The van der Waals surface area contributed by atoms with Gasteiger partial charge in [0.25, 0.3) is 0 Å². The molecule has 1 amide bonds. The van der Waals surface area contributed by atoms with Gasteiger partial charge in [-0.15, -0.1) is 0 Å². The van der Waals surface area contributed by atoms with Crippen molar-refractivity contribution in [1.29, 1.82) is 0 Å². The number of aliphatic hydroxyl groups is 1. The smallest absolute Gasteiger partial charge is 0.380 e. The Kier molecular flexibility index (Phi) is 6.16. The summed E-state index contributed by atoms with van der Waals surface area (Å²) in [6.45, 7) is 3.00. The number of nitrogens with two attached hydrogens (primary N) is 1. The number of carbonyl (C=O) groups excluding carboxylic acids is 1. The van der Waals surface area contributed by atoms with Gasteiger partial charge in [0.15, 0.2) is 0 Å². The van der Waals surface area contributed by atoms with E-state index in [1.54, 1.807) is 6.07 Å². The Labute approximate surface area is 184 Å². The first-order valence-corrected chi connectivity index (χ1v) is 12.6. The van der Waals surface area contributed by atoms with Crippen molar-refractivity contribution < 1.29 is 22.5 Å². The van der Waals surface area contributed by atoms with Crippen LogP contribution in [0.25, 0.3) is 0 Å². The van der Waals surface area contributed by atoms with Gasteiger partial charge in [0.05, 0.1) is 0 Å². The third-order valence-corrected chi connectivity index (χ3v) is 8.03. The van der Waals surface area contributed by atoms with Crippen molar-refractivity contribution in [2.45, 2.75) is 57.8 Å². The Morgan fingerprint density at radius 3 is 2.87 bits per heavy atom. The minimum absolute atomic E-state index is 0.0439. The lowest BCUT2D eigenvalue weighted by Crippen LogP contribution is -2.44. The number of hydrogen-bond acceptors (Lipinski definition) is 5. The normalized spacial score (nSPS) is 29.4. The molecule has 3 aliphatic rings. The van der Waals surface area contributed by atoms with Gasteiger partial charge in [-0.25, -0.2) is 0 Å². The van der Waals surface area contributed by atoms with E-state index < -0.39 is 10.3 Å². The van der Waals surface area contributed by atoms with E-state index in [0.29, 0.717) is 30.7 Å². The molecule has 4 unspecified atom stereocenters. The number of aryl methyl sites for hydroxylation is 1. The van der Waals surface area contributed by atoms with Crippen molar-refractivity contribution in [3.05, 3.63) is 41.0 Å². The molecule has 1 aromatic rings. The van der Waals surface area contributed by atoms with E-state index in [9.17, 15) is 13.2 Å². The molecule has 1 saturated carbocycles. The highest BCUT2D eigenvalue weighted by atomic mass is 32.2. The molecule has 0 saturated heterocycles. The van der Waals surface area contributed by atoms with Crippen molar-refractivity contribution in [2.24, 2.45) is 22.4 Å². The molecule has 0 bridgehead atoms. The molecule has 7 nitrogen and oxygen atoms in total. The summed E-state index contributed by atoms with van der Waals surface area (Å²) < 4.78 is 27.4. The highest BCUT2D eigenvalue weighted by Gasteiger charge is 2.53. The molecular weight excluding hydrogens is 416 g/mol. The van der Waals surface area contributed by atoms with Gasteiger partial charge in [0.2, 0.25) is 5.91 Å². The molecule has 4 N–H and O–H groups in total. The van der Waals surface area contributed by atoms with Crippen molar-refractivity contribution >= 4 is 16.2 Å². The van der Waals surface area contributed by atoms with Crippen LogP contribution < -0.4 is 14.6 Å². The summed E-state index contributed by atoms with van der Waals surface area (Å²) in [5.74, 6) is 1.68. The lowest BCUT2D eigenvalue weighted by atomic mass is 9.54. The van der Waals surface area contributed by atoms with Gasteiger partial charge in [0.1, 0.15) is 5.75 Å². The zero-order valence-electron chi connectivity index (χ0n) is 18.0. The van der Waals surface area contributed by atoms with Gasteiger partial charge in [-0.05, 0) is 86.0 Å². The van der Waals surface area contributed by atoms with E-state index in [1.807, 2.05) is 12.1 Å². The molecule has 4 rings (SSSR count). The van der Waals surface area contributed by atoms with Crippen molar-refractivity contribution in [1.82, 2.24) is 5.32 Å². The second-order valence-corrected chi connectivity index (χ2v) is 10.5. The van der Waals surface area contributed by atoms with Crippen molar-refractivity contribution in [2.75, 3.05) is 13.2 Å². The van der Waals surface area contributed by atoms with Crippen LogP contribution in [0.1, 0.15) is 62.5 Å². The Balaban J connectivity index is 1.48. The number of aliphatic hydroxyl groups excluding tert-OH is 1. The average Bonchev–Trinajstić information content (AvgIpc) is 3.07. The molecule has 0 heterocycles. The Hall–Kier alpha value is -1.90. The zero-order chi connectivity index (χ0) is 22.2. The molecule has 170 valence electrons. The Bertz CT molecular complexity index is 990. The number of amides is 1. The molecule has 8 heteroatoms. The molecule has 0 radical (unpaired) electrons. The van der Waals surface area contributed by atoms with E-state index in [0.717, 1.165) is 49.7 Å². The summed E-state index contributed by atoms with van der Waals surface area (Å²) in [6, 6.07) is 5.49. The van der Waals surface area contributed by atoms with Crippen LogP contribution in [-0.4, -0.2) is 32.6 Å². The van der Waals surface area contributed by atoms with Crippen LogP contribution in [-0.2, 0) is 21.5 Å². The topological polar surface area (TPSA) is 119 Å². The number of nitrogens with one attached hydrogen (secondary N) is 1. The number of allylic oxidation sites excluding steroid dienone is 1. The highest BCUT2D eigenvalue weighted by Crippen LogP contribution is 2.61. The quantitative estimate of drug-likeness (QED) is 0.554. The number of rotatable bonds is 7. The van der Waals surface area contributed by atoms with Crippen LogP contribution in [0.5, 0.6) is 5.75 Å².